The van der Waals surface area contributed by atoms with E-state index in [1.165, 1.54) is 23.9 Å². The molecule has 1 N–H and O–H groups in total. The number of benzene rings is 1. The van der Waals surface area contributed by atoms with Crippen LogP contribution in [0, 0.1) is 11.7 Å². The van der Waals surface area contributed by atoms with Crippen molar-refractivity contribution in [2.75, 3.05) is 0 Å². The van der Waals surface area contributed by atoms with Gasteiger partial charge in [-0.3, -0.25) is 4.79 Å². The number of thioether (sulfide) groups is 1. The van der Waals surface area contributed by atoms with Gasteiger partial charge < -0.3 is 9.67 Å². The van der Waals surface area contributed by atoms with Gasteiger partial charge in [0.1, 0.15) is 11.1 Å². The molecule has 0 aliphatic heterocycles. The number of carboxylic acids is 1. The molecule has 1 atom stereocenters. The van der Waals surface area contributed by atoms with Gasteiger partial charge in [-0.25, -0.2) is 9.37 Å². The summed E-state index contributed by atoms with van der Waals surface area (Å²) < 4.78 is 14.9. The van der Waals surface area contributed by atoms with E-state index in [0.29, 0.717) is 10.7 Å². The van der Waals surface area contributed by atoms with Crippen LogP contribution in [0.5, 0.6) is 0 Å². The van der Waals surface area contributed by atoms with Gasteiger partial charge in [0.05, 0.1) is 11.0 Å². The summed E-state index contributed by atoms with van der Waals surface area (Å²) >= 11 is 1.19. The minimum absolute atomic E-state index is 0.0148. The SMILES string of the molecule is CC(C)C(Sc1nc2cc(F)ccc2n1C)C(=O)O. The van der Waals surface area contributed by atoms with E-state index >= 15 is 0 Å². The van der Waals surface area contributed by atoms with Crippen molar-refractivity contribution < 1.29 is 14.3 Å². The van der Waals surface area contributed by atoms with Gasteiger partial charge in [-0.1, -0.05) is 25.6 Å². The van der Waals surface area contributed by atoms with Crippen LogP contribution in [0.4, 0.5) is 4.39 Å². The van der Waals surface area contributed by atoms with E-state index in [4.69, 9.17) is 0 Å². The van der Waals surface area contributed by atoms with Crippen LogP contribution in [0.25, 0.3) is 11.0 Å². The molecular weight excluding hydrogens is 267 g/mol. The maximum Gasteiger partial charge on any atom is 0.317 e. The number of hydrogen-bond donors (Lipinski definition) is 1. The Kier molecular flexibility index (Phi) is 3.80. The third-order valence-corrected chi connectivity index (χ3v) is 4.46. The molecule has 2 rings (SSSR count). The number of aliphatic carboxylic acids is 1. The molecule has 0 aliphatic carbocycles. The Morgan fingerprint density at radius 2 is 2.16 bits per heavy atom. The molecule has 0 amide bonds. The van der Waals surface area contributed by atoms with Crippen LogP contribution in [0.1, 0.15) is 13.8 Å². The van der Waals surface area contributed by atoms with Crippen LogP contribution in [-0.2, 0) is 11.8 Å². The zero-order chi connectivity index (χ0) is 14.2. The average molecular weight is 282 g/mol. The van der Waals surface area contributed by atoms with Crippen LogP contribution in [0.15, 0.2) is 23.4 Å². The fraction of sp³-hybridized carbons (Fsp3) is 0.385. The minimum Gasteiger partial charge on any atom is -0.480 e. The van der Waals surface area contributed by atoms with E-state index in [0.717, 1.165) is 5.52 Å². The van der Waals surface area contributed by atoms with Gasteiger partial charge >= 0.3 is 5.97 Å². The van der Waals surface area contributed by atoms with Crippen LogP contribution >= 0.6 is 11.8 Å². The van der Waals surface area contributed by atoms with E-state index in [2.05, 4.69) is 4.98 Å². The summed E-state index contributed by atoms with van der Waals surface area (Å²) in [6, 6.07) is 4.37. The molecule has 6 heteroatoms. The van der Waals surface area contributed by atoms with E-state index in [1.807, 2.05) is 13.8 Å². The highest BCUT2D eigenvalue weighted by Gasteiger charge is 2.25. The number of carbonyl (C=O) groups is 1. The largest absolute Gasteiger partial charge is 0.480 e. The number of fused-ring (bicyclic) bond motifs is 1. The van der Waals surface area contributed by atoms with Crippen molar-refractivity contribution in [2.45, 2.75) is 24.3 Å². The Labute approximate surface area is 114 Å². The highest BCUT2D eigenvalue weighted by atomic mass is 32.2. The summed E-state index contributed by atoms with van der Waals surface area (Å²) in [4.78, 5) is 15.5. The predicted octanol–water partition coefficient (Wildman–Crippen LogP) is 2.91. The normalized spacial score (nSPS) is 13.1. The Morgan fingerprint density at radius 1 is 1.47 bits per heavy atom. The van der Waals surface area contributed by atoms with Crippen molar-refractivity contribution in [2.24, 2.45) is 13.0 Å². The number of halogens is 1. The summed E-state index contributed by atoms with van der Waals surface area (Å²) in [5.74, 6) is -1.22. The fourth-order valence-corrected chi connectivity index (χ4v) is 2.85. The van der Waals surface area contributed by atoms with Gasteiger partial charge in [0, 0.05) is 13.1 Å². The maximum absolute atomic E-state index is 13.1. The molecule has 0 aliphatic rings. The summed E-state index contributed by atoms with van der Waals surface area (Å²) in [7, 11) is 1.80. The van der Waals surface area contributed by atoms with Crippen molar-refractivity contribution in [1.29, 1.82) is 0 Å². The first kappa shape index (κ1) is 13.9. The standard InChI is InChI=1S/C13H15FN2O2S/c1-7(2)11(12(17)18)19-13-15-9-6-8(14)4-5-10(9)16(13)3/h4-7,11H,1-3H3,(H,17,18). The Balaban J connectivity index is 2.40. The first-order chi connectivity index (χ1) is 8.90. The highest BCUT2D eigenvalue weighted by molar-refractivity contribution is 8.00. The quantitative estimate of drug-likeness (QED) is 0.876. The topological polar surface area (TPSA) is 55.1 Å². The van der Waals surface area contributed by atoms with Crippen LogP contribution in [0.2, 0.25) is 0 Å². The number of aryl methyl sites for hydroxylation is 1. The molecule has 1 unspecified atom stereocenters. The monoisotopic (exact) mass is 282 g/mol. The zero-order valence-corrected chi connectivity index (χ0v) is 11.7. The third-order valence-electron chi connectivity index (χ3n) is 2.88. The third kappa shape index (κ3) is 2.73. The molecule has 102 valence electrons. The first-order valence-electron chi connectivity index (χ1n) is 5.91. The molecule has 0 fully saturated rings. The molecule has 0 spiro atoms. The van der Waals surface area contributed by atoms with Crippen molar-refractivity contribution >= 4 is 28.8 Å². The van der Waals surface area contributed by atoms with E-state index in [9.17, 15) is 14.3 Å². The number of aromatic nitrogens is 2. The lowest BCUT2D eigenvalue weighted by Crippen LogP contribution is -2.22. The molecule has 0 saturated carbocycles. The second-order valence-electron chi connectivity index (χ2n) is 4.71. The van der Waals surface area contributed by atoms with Gasteiger partial charge in [0.25, 0.3) is 0 Å². The van der Waals surface area contributed by atoms with Gasteiger partial charge in [0.2, 0.25) is 0 Å². The molecule has 0 radical (unpaired) electrons. The van der Waals surface area contributed by atoms with Gasteiger partial charge in [-0.2, -0.15) is 0 Å². The Morgan fingerprint density at radius 3 is 2.74 bits per heavy atom. The molecule has 0 saturated heterocycles. The molecular formula is C13H15FN2O2S. The lowest BCUT2D eigenvalue weighted by atomic mass is 10.1. The number of nitrogens with zero attached hydrogens (tertiary/aromatic N) is 2. The molecule has 0 bridgehead atoms. The number of imidazole rings is 1. The summed E-state index contributed by atoms with van der Waals surface area (Å²) in [5, 5.41) is 9.21. The Bertz CT molecular complexity index is 624. The van der Waals surface area contributed by atoms with E-state index < -0.39 is 11.2 Å². The number of carboxylic acid groups (broad SMARTS) is 1. The van der Waals surface area contributed by atoms with E-state index in [1.54, 1.807) is 17.7 Å². The first-order valence-corrected chi connectivity index (χ1v) is 6.79. The summed E-state index contributed by atoms with van der Waals surface area (Å²) in [6.07, 6.45) is 0. The molecule has 1 aromatic carbocycles. The van der Waals surface area contributed by atoms with Gasteiger partial charge in [0.15, 0.2) is 5.16 Å². The van der Waals surface area contributed by atoms with Gasteiger partial charge in [-0.05, 0) is 18.1 Å². The smallest absolute Gasteiger partial charge is 0.317 e. The summed E-state index contributed by atoms with van der Waals surface area (Å²) in [5.41, 5.74) is 1.33. The molecule has 1 heterocycles. The maximum atomic E-state index is 13.1. The second kappa shape index (κ2) is 5.21. The lowest BCUT2D eigenvalue weighted by Gasteiger charge is -2.14. The molecule has 4 nitrogen and oxygen atoms in total. The van der Waals surface area contributed by atoms with Crippen molar-refractivity contribution in [1.82, 2.24) is 9.55 Å². The Hall–Kier alpha value is -1.56. The molecule has 19 heavy (non-hydrogen) atoms. The average Bonchev–Trinajstić information content (AvgIpc) is 2.61. The molecule has 1 aromatic heterocycles. The minimum atomic E-state index is -0.863. The lowest BCUT2D eigenvalue weighted by molar-refractivity contribution is -0.137. The predicted molar refractivity (Wildman–Crippen MR) is 72.8 cm³/mol. The van der Waals surface area contributed by atoms with E-state index in [-0.39, 0.29) is 11.7 Å². The zero-order valence-electron chi connectivity index (χ0n) is 10.9. The molecule has 2 aromatic rings. The number of hydrogen-bond acceptors (Lipinski definition) is 3. The van der Waals surface area contributed by atoms with Crippen LogP contribution in [0.3, 0.4) is 0 Å². The highest BCUT2D eigenvalue weighted by Crippen LogP contribution is 2.30. The van der Waals surface area contributed by atoms with Crippen molar-refractivity contribution in [3.63, 3.8) is 0 Å². The van der Waals surface area contributed by atoms with Crippen LogP contribution in [-0.4, -0.2) is 25.9 Å². The van der Waals surface area contributed by atoms with Crippen molar-refractivity contribution in [3.05, 3.63) is 24.0 Å². The second-order valence-corrected chi connectivity index (χ2v) is 5.82. The van der Waals surface area contributed by atoms with Crippen LogP contribution < -0.4 is 0 Å². The summed E-state index contributed by atoms with van der Waals surface area (Å²) in [6.45, 7) is 3.71. The fourth-order valence-electron chi connectivity index (χ4n) is 1.84. The van der Waals surface area contributed by atoms with Gasteiger partial charge in [-0.15, -0.1) is 0 Å². The van der Waals surface area contributed by atoms with Crippen molar-refractivity contribution in [3.8, 4) is 0 Å². The number of rotatable bonds is 4.